The predicted molar refractivity (Wildman–Crippen MR) is 75.1 cm³/mol. The summed E-state index contributed by atoms with van der Waals surface area (Å²) >= 11 is 0. The molecule has 0 spiro atoms. The first-order valence-corrected chi connectivity index (χ1v) is 6.31. The maximum atomic E-state index is 11.6. The van der Waals surface area contributed by atoms with Crippen molar-refractivity contribution in [2.75, 3.05) is 11.9 Å². The smallest absolute Gasteiger partial charge is 0.329 e. The average Bonchev–Trinajstić information content (AvgIpc) is 2.27. The van der Waals surface area contributed by atoms with Crippen LogP contribution in [0.2, 0.25) is 0 Å². The molecular weight excluding hydrogens is 226 g/mol. The molecule has 1 unspecified atom stereocenters. The van der Waals surface area contributed by atoms with Gasteiger partial charge in [-0.15, -0.1) is 0 Å². The minimum atomic E-state index is -0.872. The molecule has 0 aliphatic carbocycles. The number of aryl methyl sites for hydroxylation is 1. The Balaban J connectivity index is 3.06. The van der Waals surface area contributed by atoms with E-state index in [-0.39, 0.29) is 0 Å². The number of aliphatic carboxylic acids is 1. The van der Waals surface area contributed by atoms with Crippen molar-refractivity contribution in [2.45, 2.75) is 39.7 Å². The fraction of sp³-hybridized carbons (Fsp3) is 0.533. The summed E-state index contributed by atoms with van der Waals surface area (Å²) in [5.41, 5.74) is 1.24. The van der Waals surface area contributed by atoms with Crippen molar-refractivity contribution in [3.05, 3.63) is 29.8 Å². The molecule has 1 aromatic carbocycles. The highest BCUT2D eigenvalue weighted by molar-refractivity contribution is 5.83. The summed E-state index contributed by atoms with van der Waals surface area (Å²) in [7, 11) is 1.85. The quantitative estimate of drug-likeness (QED) is 0.870. The number of carbonyl (C=O) groups is 1. The number of hydrogen-bond acceptors (Lipinski definition) is 2. The first-order valence-electron chi connectivity index (χ1n) is 6.31. The van der Waals surface area contributed by atoms with Crippen LogP contribution in [0.4, 0.5) is 5.69 Å². The molecule has 100 valence electrons. The Labute approximate surface area is 109 Å². The molecule has 3 heteroatoms. The summed E-state index contributed by atoms with van der Waals surface area (Å²) in [6.45, 7) is 7.90. The Morgan fingerprint density at radius 3 is 2.22 bits per heavy atom. The highest BCUT2D eigenvalue weighted by Gasteiger charge is 2.38. The number of likely N-dealkylation sites (N-methyl/N-ethyl adjacent to an activating group) is 1. The van der Waals surface area contributed by atoms with Crippen LogP contribution < -0.4 is 4.90 Å². The van der Waals surface area contributed by atoms with Gasteiger partial charge < -0.3 is 10.0 Å². The molecule has 0 aromatic heterocycles. The minimum absolute atomic E-state index is 0.332. The van der Waals surface area contributed by atoms with E-state index < -0.39 is 11.5 Å². The van der Waals surface area contributed by atoms with E-state index in [0.29, 0.717) is 12.3 Å². The molecule has 0 heterocycles. The zero-order chi connectivity index (χ0) is 13.9. The zero-order valence-electron chi connectivity index (χ0n) is 11.9. The zero-order valence-corrected chi connectivity index (χ0v) is 11.9. The van der Waals surface area contributed by atoms with Crippen LogP contribution in [-0.2, 0) is 4.79 Å². The molecule has 0 bridgehead atoms. The standard InChI is InChI=1S/C15H23NO2/c1-11(2)10-15(4,14(17)18)16(5)13-8-6-12(3)7-9-13/h6-9,11H,10H2,1-5H3,(H,17,18). The molecule has 0 amide bonds. The molecule has 0 saturated carbocycles. The molecule has 0 aliphatic rings. The lowest BCUT2D eigenvalue weighted by molar-refractivity contribution is -0.143. The highest BCUT2D eigenvalue weighted by Crippen LogP contribution is 2.28. The van der Waals surface area contributed by atoms with Gasteiger partial charge in [-0.3, -0.25) is 0 Å². The third kappa shape index (κ3) is 3.03. The van der Waals surface area contributed by atoms with Crippen molar-refractivity contribution in [1.29, 1.82) is 0 Å². The van der Waals surface area contributed by atoms with Gasteiger partial charge in [-0.2, -0.15) is 0 Å². The van der Waals surface area contributed by atoms with Crippen LogP contribution in [0.3, 0.4) is 0 Å². The normalized spacial score (nSPS) is 14.3. The fourth-order valence-electron chi connectivity index (χ4n) is 2.22. The number of nitrogens with zero attached hydrogens (tertiary/aromatic N) is 1. The van der Waals surface area contributed by atoms with E-state index in [2.05, 4.69) is 0 Å². The summed E-state index contributed by atoms with van der Waals surface area (Å²) in [5, 5.41) is 9.53. The van der Waals surface area contributed by atoms with E-state index in [1.54, 1.807) is 6.92 Å². The lowest BCUT2D eigenvalue weighted by atomic mass is 9.89. The van der Waals surface area contributed by atoms with Gasteiger partial charge in [-0.05, 0) is 38.3 Å². The van der Waals surface area contributed by atoms with Crippen LogP contribution in [0.5, 0.6) is 0 Å². The summed E-state index contributed by atoms with van der Waals surface area (Å²) in [6.07, 6.45) is 0.618. The molecule has 0 radical (unpaired) electrons. The van der Waals surface area contributed by atoms with Gasteiger partial charge in [0.15, 0.2) is 0 Å². The van der Waals surface area contributed by atoms with Gasteiger partial charge in [0.05, 0.1) is 0 Å². The largest absolute Gasteiger partial charge is 0.480 e. The minimum Gasteiger partial charge on any atom is -0.480 e. The Morgan fingerprint density at radius 2 is 1.83 bits per heavy atom. The van der Waals surface area contributed by atoms with Crippen molar-refractivity contribution in [2.24, 2.45) is 5.92 Å². The van der Waals surface area contributed by atoms with E-state index in [4.69, 9.17) is 0 Å². The Kier molecular flexibility index (Phi) is 4.38. The summed E-state index contributed by atoms with van der Waals surface area (Å²) in [5.74, 6) is -0.446. The Hall–Kier alpha value is -1.51. The number of rotatable bonds is 5. The molecule has 1 N–H and O–H groups in total. The first-order chi connectivity index (χ1) is 8.27. The molecule has 0 saturated heterocycles. The van der Waals surface area contributed by atoms with E-state index in [0.717, 1.165) is 5.69 Å². The van der Waals surface area contributed by atoms with Crippen molar-refractivity contribution in [3.63, 3.8) is 0 Å². The lowest BCUT2D eigenvalue weighted by Crippen LogP contribution is -2.51. The van der Waals surface area contributed by atoms with Crippen LogP contribution in [-0.4, -0.2) is 23.7 Å². The van der Waals surface area contributed by atoms with Crippen LogP contribution in [0.1, 0.15) is 32.8 Å². The summed E-state index contributed by atoms with van der Waals surface area (Å²) in [6, 6.07) is 7.95. The average molecular weight is 249 g/mol. The van der Waals surface area contributed by atoms with Crippen LogP contribution in [0, 0.1) is 12.8 Å². The maximum absolute atomic E-state index is 11.6. The van der Waals surface area contributed by atoms with Crippen LogP contribution in [0.25, 0.3) is 0 Å². The van der Waals surface area contributed by atoms with Crippen molar-refractivity contribution in [1.82, 2.24) is 0 Å². The van der Waals surface area contributed by atoms with E-state index in [1.807, 2.05) is 57.0 Å². The molecule has 1 aromatic rings. The second-order valence-corrected chi connectivity index (χ2v) is 5.57. The van der Waals surface area contributed by atoms with Crippen molar-refractivity contribution < 1.29 is 9.90 Å². The lowest BCUT2D eigenvalue weighted by Gasteiger charge is -2.38. The van der Waals surface area contributed by atoms with E-state index in [1.165, 1.54) is 5.56 Å². The number of hydrogen-bond donors (Lipinski definition) is 1. The van der Waals surface area contributed by atoms with Gasteiger partial charge in [-0.1, -0.05) is 31.5 Å². The van der Waals surface area contributed by atoms with Crippen molar-refractivity contribution in [3.8, 4) is 0 Å². The molecule has 0 fully saturated rings. The van der Waals surface area contributed by atoms with Gasteiger partial charge >= 0.3 is 5.97 Å². The fourth-order valence-corrected chi connectivity index (χ4v) is 2.22. The molecule has 1 atom stereocenters. The number of benzene rings is 1. The van der Waals surface area contributed by atoms with Crippen LogP contribution in [0.15, 0.2) is 24.3 Å². The van der Waals surface area contributed by atoms with Crippen LogP contribution >= 0.6 is 0 Å². The molecule has 0 aliphatic heterocycles. The maximum Gasteiger partial charge on any atom is 0.329 e. The number of carboxylic acids is 1. The molecule has 3 nitrogen and oxygen atoms in total. The third-order valence-corrected chi connectivity index (χ3v) is 3.43. The summed E-state index contributed by atoms with van der Waals surface area (Å²) in [4.78, 5) is 13.5. The monoisotopic (exact) mass is 249 g/mol. The highest BCUT2D eigenvalue weighted by atomic mass is 16.4. The van der Waals surface area contributed by atoms with E-state index in [9.17, 15) is 9.90 Å². The molecule has 1 rings (SSSR count). The number of anilines is 1. The predicted octanol–water partition coefficient (Wildman–Crippen LogP) is 3.32. The SMILES string of the molecule is Cc1ccc(N(C)C(C)(CC(C)C)C(=O)O)cc1. The van der Waals surface area contributed by atoms with Gasteiger partial charge in [0.1, 0.15) is 5.54 Å². The van der Waals surface area contributed by atoms with Gasteiger partial charge in [0, 0.05) is 12.7 Å². The molecular formula is C15H23NO2. The Bertz CT molecular complexity index is 411. The second kappa shape index (κ2) is 5.42. The van der Waals surface area contributed by atoms with E-state index >= 15 is 0 Å². The first kappa shape index (κ1) is 14.6. The van der Waals surface area contributed by atoms with Gasteiger partial charge in [0.25, 0.3) is 0 Å². The van der Waals surface area contributed by atoms with Gasteiger partial charge in [0.2, 0.25) is 0 Å². The van der Waals surface area contributed by atoms with Gasteiger partial charge in [-0.25, -0.2) is 4.79 Å². The summed E-state index contributed by atoms with van der Waals surface area (Å²) < 4.78 is 0. The Morgan fingerprint density at radius 1 is 1.33 bits per heavy atom. The van der Waals surface area contributed by atoms with Crippen molar-refractivity contribution >= 4 is 11.7 Å². The third-order valence-electron chi connectivity index (χ3n) is 3.43. The number of carboxylic acid groups (broad SMARTS) is 1. The second-order valence-electron chi connectivity index (χ2n) is 5.57. The topological polar surface area (TPSA) is 40.5 Å². The molecule has 18 heavy (non-hydrogen) atoms.